The number of carbonyl (C=O) groups is 2. The summed E-state index contributed by atoms with van der Waals surface area (Å²) in [6, 6.07) is 0.325. The molecular formula is C19H33N3O4. The van der Waals surface area contributed by atoms with Gasteiger partial charge in [-0.25, -0.2) is 0 Å². The Morgan fingerprint density at radius 2 is 1.69 bits per heavy atom. The molecule has 3 rings (SSSR count). The Labute approximate surface area is 156 Å². The standard InChI is InChI=1S/C19H33N3O4/c1-3-16-11-22(12-17(16)20-4-6-26-7-5-20)19(25)18(24)21-9-14(2)8-15(10-21)13-23/h14-17,23H,3-13H2,1-2H3. The van der Waals surface area contributed by atoms with Crippen LogP contribution in [-0.4, -0.2) is 96.8 Å². The highest BCUT2D eigenvalue weighted by Crippen LogP contribution is 2.27. The molecule has 7 nitrogen and oxygen atoms in total. The fourth-order valence-electron chi connectivity index (χ4n) is 4.79. The van der Waals surface area contributed by atoms with Crippen LogP contribution >= 0.6 is 0 Å². The van der Waals surface area contributed by atoms with E-state index in [2.05, 4.69) is 18.7 Å². The van der Waals surface area contributed by atoms with E-state index in [1.165, 1.54) is 0 Å². The van der Waals surface area contributed by atoms with E-state index >= 15 is 0 Å². The second-order valence-electron chi connectivity index (χ2n) is 8.19. The Bertz CT molecular complexity index is 509. The van der Waals surface area contributed by atoms with E-state index < -0.39 is 5.91 Å². The molecule has 1 N–H and O–H groups in total. The van der Waals surface area contributed by atoms with Crippen molar-refractivity contribution in [2.45, 2.75) is 32.7 Å². The van der Waals surface area contributed by atoms with Crippen LogP contribution < -0.4 is 0 Å². The van der Waals surface area contributed by atoms with Crippen LogP contribution in [0.3, 0.4) is 0 Å². The molecule has 3 fully saturated rings. The molecule has 26 heavy (non-hydrogen) atoms. The minimum Gasteiger partial charge on any atom is -0.396 e. The Hall–Kier alpha value is -1.18. The van der Waals surface area contributed by atoms with Gasteiger partial charge in [-0.3, -0.25) is 14.5 Å². The number of morpholine rings is 1. The highest BCUT2D eigenvalue weighted by molar-refractivity contribution is 6.35. The first-order valence-electron chi connectivity index (χ1n) is 10.0. The third-order valence-electron chi connectivity index (χ3n) is 6.21. The molecule has 3 aliphatic heterocycles. The fraction of sp³-hybridized carbons (Fsp3) is 0.895. The van der Waals surface area contributed by atoms with Crippen molar-refractivity contribution in [1.29, 1.82) is 0 Å². The van der Waals surface area contributed by atoms with Crippen molar-refractivity contribution >= 4 is 11.8 Å². The first-order chi connectivity index (χ1) is 12.5. The van der Waals surface area contributed by atoms with Crippen LogP contribution in [0.4, 0.5) is 0 Å². The van der Waals surface area contributed by atoms with Crippen molar-refractivity contribution in [3.05, 3.63) is 0 Å². The lowest BCUT2D eigenvalue weighted by molar-refractivity contribution is -0.153. The number of amides is 2. The number of aliphatic hydroxyl groups is 1. The number of nitrogens with zero attached hydrogens (tertiary/aromatic N) is 3. The third kappa shape index (κ3) is 4.21. The molecule has 2 amide bonds. The summed E-state index contributed by atoms with van der Waals surface area (Å²) in [6.45, 7) is 9.99. The molecule has 0 aromatic rings. The smallest absolute Gasteiger partial charge is 0.312 e. The van der Waals surface area contributed by atoms with Gasteiger partial charge in [-0.15, -0.1) is 0 Å². The Kier molecular flexibility index (Phi) is 6.53. The van der Waals surface area contributed by atoms with Gasteiger partial charge in [-0.2, -0.15) is 0 Å². The summed E-state index contributed by atoms with van der Waals surface area (Å²) in [6.07, 6.45) is 1.92. The van der Waals surface area contributed by atoms with Crippen LogP contribution in [0.15, 0.2) is 0 Å². The monoisotopic (exact) mass is 367 g/mol. The summed E-state index contributed by atoms with van der Waals surface area (Å²) in [5.41, 5.74) is 0. The first kappa shape index (κ1) is 19.6. The van der Waals surface area contributed by atoms with Gasteiger partial charge in [0.25, 0.3) is 0 Å². The number of hydrogen-bond acceptors (Lipinski definition) is 5. The molecule has 0 bridgehead atoms. The average molecular weight is 367 g/mol. The summed E-state index contributed by atoms with van der Waals surface area (Å²) in [5, 5.41) is 9.46. The molecule has 0 radical (unpaired) electrons. The van der Waals surface area contributed by atoms with Crippen LogP contribution in [0, 0.1) is 17.8 Å². The van der Waals surface area contributed by atoms with Crippen LogP contribution in [0.25, 0.3) is 0 Å². The van der Waals surface area contributed by atoms with Gasteiger partial charge in [0.05, 0.1) is 13.2 Å². The fourth-order valence-corrected chi connectivity index (χ4v) is 4.79. The molecule has 3 aliphatic rings. The molecule has 0 saturated carbocycles. The lowest BCUT2D eigenvalue weighted by atomic mass is 9.91. The average Bonchev–Trinajstić information content (AvgIpc) is 3.11. The van der Waals surface area contributed by atoms with Crippen LogP contribution in [0.5, 0.6) is 0 Å². The summed E-state index contributed by atoms with van der Waals surface area (Å²) >= 11 is 0. The predicted molar refractivity (Wildman–Crippen MR) is 97.5 cm³/mol. The zero-order valence-electron chi connectivity index (χ0n) is 16.1. The molecule has 0 aliphatic carbocycles. The maximum Gasteiger partial charge on any atom is 0.312 e. The molecule has 148 valence electrons. The third-order valence-corrected chi connectivity index (χ3v) is 6.21. The lowest BCUT2D eigenvalue weighted by Crippen LogP contribution is -2.51. The lowest BCUT2D eigenvalue weighted by Gasteiger charge is -2.36. The highest BCUT2D eigenvalue weighted by atomic mass is 16.5. The van der Waals surface area contributed by atoms with E-state index in [1.54, 1.807) is 9.80 Å². The van der Waals surface area contributed by atoms with E-state index in [4.69, 9.17) is 4.74 Å². The highest BCUT2D eigenvalue weighted by Gasteiger charge is 2.41. The molecule has 3 saturated heterocycles. The van der Waals surface area contributed by atoms with Crippen LogP contribution in [0.1, 0.15) is 26.7 Å². The van der Waals surface area contributed by atoms with Gasteiger partial charge in [0, 0.05) is 51.9 Å². The molecular weight excluding hydrogens is 334 g/mol. The largest absolute Gasteiger partial charge is 0.396 e. The van der Waals surface area contributed by atoms with E-state index in [9.17, 15) is 14.7 Å². The second kappa shape index (κ2) is 8.67. The molecule has 4 unspecified atom stereocenters. The molecule has 0 aromatic heterocycles. The van der Waals surface area contributed by atoms with Crippen molar-refractivity contribution in [2.24, 2.45) is 17.8 Å². The zero-order valence-corrected chi connectivity index (χ0v) is 16.1. The quantitative estimate of drug-likeness (QED) is 0.713. The Morgan fingerprint density at radius 3 is 2.31 bits per heavy atom. The van der Waals surface area contributed by atoms with Gasteiger partial charge in [-0.05, 0) is 24.2 Å². The topological polar surface area (TPSA) is 73.3 Å². The number of piperidine rings is 1. The number of aliphatic hydroxyl groups excluding tert-OH is 1. The van der Waals surface area contributed by atoms with Crippen molar-refractivity contribution < 1.29 is 19.4 Å². The first-order valence-corrected chi connectivity index (χ1v) is 10.0. The number of hydrogen-bond donors (Lipinski definition) is 1. The molecule has 7 heteroatoms. The summed E-state index contributed by atoms with van der Waals surface area (Å²) < 4.78 is 5.45. The Morgan fingerprint density at radius 1 is 1.04 bits per heavy atom. The number of ether oxygens (including phenoxy) is 1. The Balaban J connectivity index is 1.62. The summed E-state index contributed by atoms with van der Waals surface area (Å²) in [7, 11) is 0. The zero-order chi connectivity index (χ0) is 18.7. The minimum absolute atomic E-state index is 0.0725. The van der Waals surface area contributed by atoms with Gasteiger partial charge in [-0.1, -0.05) is 20.3 Å². The van der Waals surface area contributed by atoms with Gasteiger partial charge in [0.15, 0.2) is 0 Å². The predicted octanol–water partition coefficient (Wildman–Crippen LogP) is 0.0325. The maximum absolute atomic E-state index is 12.9. The van der Waals surface area contributed by atoms with Crippen molar-refractivity contribution in [2.75, 3.05) is 59.1 Å². The summed E-state index contributed by atoms with van der Waals surface area (Å²) in [5.74, 6) is 0.0482. The number of rotatable bonds is 3. The minimum atomic E-state index is -0.396. The van der Waals surface area contributed by atoms with Crippen molar-refractivity contribution in [3.63, 3.8) is 0 Å². The van der Waals surface area contributed by atoms with E-state index in [0.29, 0.717) is 44.1 Å². The summed E-state index contributed by atoms with van der Waals surface area (Å²) in [4.78, 5) is 31.5. The molecule has 0 spiro atoms. The number of likely N-dealkylation sites (tertiary alicyclic amines) is 2. The molecule has 4 atom stereocenters. The van der Waals surface area contributed by atoms with Gasteiger partial charge >= 0.3 is 11.8 Å². The van der Waals surface area contributed by atoms with Crippen LogP contribution in [-0.2, 0) is 14.3 Å². The van der Waals surface area contributed by atoms with E-state index in [0.717, 1.165) is 39.1 Å². The number of carbonyl (C=O) groups excluding carboxylic acids is 2. The van der Waals surface area contributed by atoms with Gasteiger partial charge in [0.1, 0.15) is 0 Å². The van der Waals surface area contributed by atoms with Crippen molar-refractivity contribution in [1.82, 2.24) is 14.7 Å². The van der Waals surface area contributed by atoms with E-state index in [-0.39, 0.29) is 18.4 Å². The van der Waals surface area contributed by atoms with Crippen LogP contribution in [0.2, 0.25) is 0 Å². The molecule has 0 aromatic carbocycles. The SMILES string of the molecule is CCC1CN(C(=O)C(=O)N2CC(C)CC(CO)C2)CC1N1CCOCC1. The maximum atomic E-state index is 12.9. The van der Waals surface area contributed by atoms with E-state index in [1.807, 2.05) is 0 Å². The normalized spacial score (nSPS) is 33.5. The second-order valence-corrected chi connectivity index (χ2v) is 8.19. The molecule has 3 heterocycles. The van der Waals surface area contributed by atoms with Crippen molar-refractivity contribution in [3.8, 4) is 0 Å². The van der Waals surface area contributed by atoms with Gasteiger partial charge < -0.3 is 19.6 Å². The van der Waals surface area contributed by atoms with Gasteiger partial charge in [0.2, 0.25) is 0 Å².